The van der Waals surface area contributed by atoms with E-state index in [-0.39, 0.29) is 12.5 Å². The molecule has 0 saturated carbocycles. The van der Waals surface area contributed by atoms with Gasteiger partial charge in [0, 0.05) is 80.8 Å². The van der Waals surface area contributed by atoms with Crippen molar-refractivity contribution in [3.05, 3.63) is 101 Å². The van der Waals surface area contributed by atoms with Crippen LogP contribution >= 0.6 is 11.3 Å². The number of benzene rings is 2. The summed E-state index contributed by atoms with van der Waals surface area (Å²) in [5, 5.41) is 2.10. The molecule has 40 heavy (non-hydrogen) atoms. The molecule has 1 aliphatic heterocycles. The zero-order valence-corrected chi connectivity index (χ0v) is 24.5. The van der Waals surface area contributed by atoms with E-state index in [9.17, 15) is 4.79 Å². The lowest BCUT2D eigenvalue weighted by Gasteiger charge is -2.37. The number of aromatic nitrogens is 1. The minimum Gasteiger partial charge on any atom is -0.483 e. The molecule has 0 aliphatic carbocycles. The summed E-state index contributed by atoms with van der Waals surface area (Å²) in [7, 11) is 1.82. The van der Waals surface area contributed by atoms with Crippen molar-refractivity contribution in [1.29, 1.82) is 0 Å². The molecule has 0 atom stereocenters. The molecule has 1 aliphatic rings. The fourth-order valence-corrected chi connectivity index (χ4v) is 5.83. The molecule has 0 unspecified atom stereocenters. The molecule has 0 spiro atoms. The van der Waals surface area contributed by atoms with E-state index in [2.05, 4.69) is 76.5 Å². The number of carbonyl (C=O) groups excluding carboxylic acids is 1. The van der Waals surface area contributed by atoms with Crippen LogP contribution in [0, 0.1) is 13.8 Å². The molecule has 1 saturated heterocycles. The molecule has 5 rings (SSSR count). The highest BCUT2D eigenvalue weighted by Gasteiger charge is 2.21. The van der Waals surface area contributed by atoms with E-state index in [0.717, 1.165) is 56.2 Å². The van der Waals surface area contributed by atoms with Crippen LogP contribution in [-0.4, -0.2) is 67.1 Å². The van der Waals surface area contributed by atoms with Crippen molar-refractivity contribution in [3.63, 3.8) is 0 Å². The van der Waals surface area contributed by atoms with E-state index in [4.69, 9.17) is 4.74 Å². The Morgan fingerprint density at radius 2 is 1.85 bits per heavy atom. The van der Waals surface area contributed by atoms with Gasteiger partial charge in [-0.1, -0.05) is 24.3 Å². The average molecular weight is 555 g/mol. The van der Waals surface area contributed by atoms with Crippen molar-refractivity contribution in [1.82, 2.24) is 14.8 Å². The number of pyridine rings is 1. The molecular weight excluding hydrogens is 516 g/mol. The maximum atomic E-state index is 12.9. The van der Waals surface area contributed by atoms with Crippen LogP contribution in [0.1, 0.15) is 22.4 Å². The molecule has 3 heterocycles. The number of carbonyl (C=O) groups is 1. The molecule has 7 heteroatoms. The first-order chi connectivity index (χ1) is 19.5. The van der Waals surface area contributed by atoms with E-state index < -0.39 is 0 Å². The van der Waals surface area contributed by atoms with Crippen LogP contribution in [0.5, 0.6) is 5.75 Å². The Morgan fingerprint density at radius 3 is 2.60 bits per heavy atom. The number of hydrogen-bond donors (Lipinski definition) is 0. The van der Waals surface area contributed by atoms with Gasteiger partial charge in [-0.05, 0) is 78.4 Å². The van der Waals surface area contributed by atoms with Crippen LogP contribution in [0.3, 0.4) is 0 Å². The van der Waals surface area contributed by atoms with Gasteiger partial charge < -0.3 is 14.5 Å². The van der Waals surface area contributed by atoms with Crippen molar-refractivity contribution < 1.29 is 9.53 Å². The molecule has 6 nitrogen and oxygen atoms in total. The number of likely N-dealkylation sites (N-methyl/N-ethyl adjacent to an activating group) is 1. The second kappa shape index (κ2) is 13.1. The maximum Gasteiger partial charge on any atom is 0.260 e. The van der Waals surface area contributed by atoms with Gasteiger partial charge in [0.15, 0.2) is 6.61 Å². The predicted molar refractivity (Wildman–Crippen MR) is 164 cm³/mol. The highest BCUT2D eigenvalue weighted by molar-refractivity contribution is 7.13. The van der Waals surface area contributed by atoms with Crippen molar-refractivity contribution in [2.24, 2.45) is 0 Å². The Kier molecular flexibility index (Phi) is 9.14. The summed E-state index contributed by atoms with van der Waals surface area (Å²) in [5.41, 5.74) is 7.33. The van der Waals surface area contributed by atoms with Gasteiger partial charge in [0.1, 0.15) is 5.75 Å². The molecule has 0 radical (unpaired) electrons. The summed E-state index contributed by atoms with van der Waals surface area (Å²) in [4.78, 5) is 25.2. The molecule has 0 N–H and O–H groups in total. The number of thiophene rings is 1. The van der Waals surface area contributed by atoms with Gasteiger partial charge in [-0.3, -0.25) is 14.7 Å². The van der Waals surface area contributed by atoms with Gasteiger partial charge in [-0.25, -0.2) is 0 Å². The fraction of sp³-hybridized carbons (Fsp3) is 0.333. The number of rotatable bonds is 10. The normalized spacial score (nSPS) is 13.8. The first-order valence-electron chi connectivity index (χ1n) is 13.9. The van der Waals surface area contributed by atoms with Crippen LogP contribution in [0.25, 0.3) is 10.4 Å². The van der Waals surface area contributed by atoms with Gasteiger partial charge in [-0.2, -0.15) is 0 Å². The molecular formula is C33H38N4O2S. The Balaban J connectivity index is 1.23. The first kappa shape index (κ1) is 27.9. The highest BCUT2D eigenvalue weighted by atomic mass is 32.1. The van der Waals surface area contributed by atoms with Crippen LogP contribution in [-0.2, 0) is 17.8 Å². The molecule has 1 amide bonds. The third-order valence-electron chi connectivity index (χ3n) is 7.76. The Morgan fingerprint density at radius 1 is 1.00 bits per heavy atom. The van der Waals surface area contributed by atoms with Crippen LogP contribution in [0.15, 0.2) is 78.3 Å². The number of aryl methyl sites for hydroxylation is 1. The monoisotopic (exact) mass is 554 g/mol. The summed E-state index contributed by atoms with van der Waals surface area (Å²) in [6, 6.07) is 23.0. The summed E-state index contributed by atoms with van der Waals surface area (Å²) in [6.45, 7) is 9.75. The van der Waals surface area contributed by atoms with Crippen molar-refractivity contribution in [2.45, 2.75) is 26.8 Å². The zero-order chi connectivity index (χ0) is 27.9. The molecule has 2 aromatic carbocycles. The standard InChI is InChI=1S/C33H38N4O2S/c1-25-8-6-10-30(26(25)2)37-19-17-36(18-20-37)23-28-22-27(32-11-7-21-40-32)12-13-31(28)39-24-33(38)35(3)16-14-29-9-4-5-15-34-29/h4-13,15,21-22H,14,16-20,23-24H2,1-3H3. The van der Waals surface area contributed by atoms with Crippen LogP contribution in [0.2, 0.25) is 0 Å². The third-order valence-corrected chi connectivity index (χ3v) is 8.67. The van der Waals surface area contributed by atoms with E-state index in [1.54, 1.807) is 22.4 Å². The lowest BCUT2D eigenvalue weighted by atomic mass is 10.1. The van der Waals surface area contributed by atoms with Crippen LogP contribution in [0.4, 0.5) is 5.69 Å². The minimum absolute atomic E-state index is 0.0183. The van der Waals surface area contributed by atoms with Gasteiger partial charge in [0.25, 0.3) is 5.91 Å². The van der Waals surface area contributed by atoms with Crippen molar-refractivity contribution in [2.75, 3.05) is 51.3 Å². The van der Waals surface area contributed by atoms with E-state index >= 15 is 0 Å². The fourth-order valence-electron chi connectivity index (χ4n) is 5.11. The van der Waals surface area contributed by atoms with E-state index in [1.165, 1.54) is 27.3 Å². The first-order valence-corrected chi connectivity index (χ1v) is 14.8. The number of anilines is 1. The largest absolute Gasteiger partial charge is 0.483 e. The second-order valence-electron chi connectivity index (χ2n) is 10.5. The Hall–Kier alpha value is -3.68. The number of nitrogens with zero attached hydrogens (tertiary/aromatic N) is 4. The maximum absolute atomic E-state index is 12.9. The molecule has 1 fully saturated rings. The summed E-state index contributed by atoms with van der Waals surface area (Å²) >= 11 is 1.74. The Bertz CT molecular complexity index is 1400. The lowest BCUT2D eigenvalue weighted by molar-refractivity contribution is -0.132. The third kappa shape index (κ3) is 6.90. The minimum atomic E-state index is -0.0358. The number of hydrogen-bond acceptors (Lipinski definition) is 6. The predicted octanol–water partition coefficient (Wildman–Crippen LogP) is 5.83. The molecule has 4 aromatic rings. The zero-order valence-electron chi connectivity index (χ0n) is 23.7. The lowest BCUT2D eigenvalue weighted by Crippen LogP contribution is -2.46. The highest BCUT2D eigenvalue weighted by Crippen LogP contribution is 2.31. The number of ether oxygens (including phenoxy) is 1. The summed E-state index contributed by atoms with van der Waals surface area (Å²) in [6.07, 6.45) is 2.50. The van der Waals surface area contributed by atoms with Crippen molar-refractivity contribution in [3.8, 4) is 16.2 Å². The smallest absolute Gasteiger partial charge is 0.260 e. The number of amides is 1. The van der Waals surface area contributed by atoms with E-state index in [0.29, 0.717) is 6.54 Å². The topological polar surface area (TPSA) is 48.9 Å². The number of piperazine rings is 1. The SMILES string of the molecule is Cc1cccc(N2CCN(Cc3cc(-c4cccs4)ccc3OCC(=O)N(C)CCc3ccccn3)CC2)c1C. The van der Waals surface area contributed by atoms with Gasteiger partial charge >= 0.3 is 0 Å². The second-order valence-corrected chi connectivity index (χ2v) is 11.4. The van der Waals surface area contributed by atoms with Crippen molar-refractivity contribution >= 4 is 22.9 Å². The molecule has 2 aromatic heterocycles. The summed E-state index contributed by atoms with van der Waals surface area (Å²) < 4.78 is 6.16. The molecule has 208 valence electrons. The van der Waals surface area contributed by atoms with Gasteiger partial charge in [0.05, 0.1) is 0 Å². The molecule has 0 bridgehead atoms. The van der Waals surface area contributed by atoms with Gasteiger partial charge in [0.2, 0.25) is 0 Å². The average Bonchev–Trinajstić information content (AvgIpc) is 3.53. The summed E-state index contributed by atoms with van der Waals surface area (Å²) in [5.74, 6) is 0.745. The van der Waals surface area contributed by atoms with Crippen LogP contribution < -0.4 is 9.64 Å². The van der Waals surface area contributed by atoms with E-state index in [1.807, 2.05) is 31.3 Å². The quantitative estimate of drug-likeness (QED) is 0.247. The van der Waals surface area contributed by atoms with Gasteiger partial charge in [-0.15, -0.1) is 11.3 Å². The Labute approximate surface area is 241 Å².